The van der Waals surface area contributed by atoms with Crippen molar-refractivity contribution in [2.45, 2.75) is 90.3 Å². The van der Waals surface area contributed by atoms with E-state index in [2.05, 4.69) is 45.9 Å². The summed E-state index contributed by atoms with van der Waals surface area (Å²) in [5.74, 6) is 3.20. The molecule has 3 aliphatic rings. The van der Waals surface area contributed by atoms with Gasteiger partial charge >= 0.3 is 0 Å². The largest absolute Gasteiger partial charge is 0.488 e. The molecule has 2 saturated carbocycles. The quantitative estimate of drug-likeness (QED) is 0.789. The number of hydrogen-bond donors (Lipinski definition) is 1. The number of aliphatic hydroxyl groups excluding tert-OH is 1. The molecule has 0 radical (unpaired) electrons. The van der Waals surface area contributed by atoms with Crippen molar-refractivity contribution in [1.82, 2.24) is 0 Å². The van der Waals surface area contributed by atoms with E-state index in [1.807, 2.05) is 0 Å². The maximum Gasteiger partial charge on any atom is 0.120 e. The van der Waals surface area contributed by atoms with Gasteiger partial charge in [-0.05, 0) is 105 Å². The zero-order chi connectivity index (χ0) is 17.8. The maximum absolute atomic E-state index is 10.5. The number of benzene rings is 1. The molecule has 0 aliphatic heterocycles. The van der Waals surface area contributed by atoms with Crippen molar-refractivity contribution in [3.8, 4) is 5.75 Å². The Kier molecular flexibility index (Phi) is 4.18. The molecule has 1 N–H and O–H groups in total. The van der Waals surface area contributed by atoms with E-state index in [1.165, 1.54) is 37.7 Å². The van der Waals surface area contributed by atoms with Crippen LogP contribution in [0.5, 0.6) is 5.75 Å². The summed E-state index contributed by atoms with van der Waals surface area (Å²) < 4.78 is 6.22. The molecule has 2 fully saturated rings. The van der Waals surface area contributed by atoms with Crippen LogP contribution in [0.3, 0.4) is 0 Å². The highest BCUT2D eigenvalue weighted by Crippen LogP contribution is 2.60. The van der Waals surface area contributed by atoms with Crippen LogP contribution in [-0.4, -0.2) is 16.8 Å². The van der Waals surface area contributed by atoms with Crippen molar-refractivity contribution >= 4 is 0 Å². The smallest absolute Gasteiger partial charge is 0.120 e. The fourth-order valence-corrected chi connectivity index (χ4v) is 5.99. The lowest BCUT2D eigenvalue weighted by Gasteiger charge is -2.50. The zero-order valence-corrected chi connectivity index (χ0v) is 16.3. The summed E-state index contributed by atoms with van der Waals surface area (Å²) in [5.41, 5.74) is 3.15. The molecule has 2 heteroatoms. The Morgan fingerprint density at radius 3 is 2.76 bits per heavy atom. The molecule has 0 spiro atoms. The van der Waals surface area contributed by atoms with Gasteiger partial charge in [0.2, 0.25) is 0 Å². The summed E-state index contributed by atoms with van der Waals surface area (Å²) in [6.45, 7) is 8.86. The molecule has 0 aromatic heterocycles. The Morgan fingerprint density at radius 1 is 1.20 bits per heavy atom. The first-order chi connectivity index (χ1) is 11.8. The molecule has 0 bridgehead atoms. The number of rotatable bonds is 3. The van der Waals surface area contributed by atoms with E-state index in [0.29, 0.717) is 11.8 Å². The Bertz CT molecular complexity index is 649. The second kappa shape index (κ2) is 6.01. The Balaban J connectivity index is 1.59. The summed E-state index contributed by atoms with van der Waals surface area (Å²) >= 11 is 0. The predicted octanol–water partition coefficient (Wildman–Crippen LogP) is 5.47. The van der Waals surface area contributed by atoms with E-state index in [-0.39, 0.29) is 17.1 Å². The van der Waals surface area contributed by atoms with Gasteiger partial charge in [-0.15, -0.1) is 0 Å². The molecule has 0 amide bonds. The minimum absolute atomic E-state index is 0.0769. The van der Waals surface area contributed by atoms with Gasteiger partial charge in [-0.1, -0.05) is 19.9 Å². The second-order valence-electron chi connectivity index (χ2n) is 9.63. The number of ether oxygens (including phenoxy) is 1. The molecule has 0 heterocycles. The lowest BCUT2D eigenvalue weighted by molar-refractivity contribution is -0.0226. The lowest BCUT2D eigenvalue weighted by Crippen LogP contribution is -2.43. The van der Waals surface area contributed by atoms with Crippen LogP contribution < -0.4 is 4.74 Å². The first-order valence-corrected chi connectivity index (χ1v) is 10.3. The first kappa shape index (κ1) is 17.4. The van der Waals surface area contributed by atoms with Crippen molar-refractivity contribution in [3.05, 3.63) is 29.3 Å². The molecule has 0 saturated heterocycles. The molecule has 138 valence electrons. The molecule has 25 heavy (non-hydrogen) atoms. The topological polar surface area (TPSA) is 29.5 Å². The molecular formula is C23H34O2. The van der Waals surface area contributed by atoms with Crippen molar-refractivity contribution < 1.29 is 9.84 Å². The number of fused-ring (bicyclic) bond motifs is 5. The van der Waals surface area contributed by atoms with Gasteiger partial charge in [-0.25, -0.2) is 0 Å². The molecule has 5 unspecified atom stereocenters. The average Bonchev–Trinajstić information content (AvgIpc) is 2.89. The monoisotopic (exact) mass is 342 g/mol. The van der Waals surface area contributed by atoms with Crippen LogP contribution in [0, 0.1) is 17.3 Å². The van der Waals surface area contributed by atoms with Crippen molar-refractivity contribution in [2.75, 3.05) is 0 Å². The van der Waals surface area contributed by atoms with Crippen molar-refractivity contribution in [2.24, 2.45) is 17.3 Å². The van der Waals surface area contributed by atoms with E-state index < -0.39 is 0 Å². The van der Waals surface area contributed by atoms with Crippen molar-refractivity contribution in [3.63, 3.8) is 0 Å². The SMILES string of the molecule is CCC(C)(C)Oc1ccc2c(c1)CCC1C2CCC2(C)C(O)CCC12. The highest BCUT2D eigenvalue weighted by Gasteiger charge is 2.54. The fraction of sp³-hybridized carbons (Fsp3) is 0.739. The minimum Gasteiger partial charge on any atom is -0.488 e. The molecule has 4 rings (SSSR count). The molecule has 5 atom stereocenters. The average molecular weight is 343 g/mol. The summed E-state index contributed by atoms with van der Waals surface area (Å²) in [5, 5.41) is 10.5. The van der Waals surface area contributed by atoms with Crippen LogP contribution in [0.1, 0.15) is 83.3 Å². The Morgan fingerprint density at radius 2 is 2.00 bits per heavy atom. The highest BCUT2D eigenvalue weighted by molar-refractivity contribution is 5.41. The number of hydrogen-bond acceptors (Lipinski definition) is 2. The van der Waals surface area contributed by atoms with Crippen molar-refractivity contribution in [1.29, 1.82) is 0 Å². The van der Waals surface area contributed by atoms with Gasteiger partial charge < -0.3 is 9.84 Å². The zero-order valence-electron chi connectivity index (χ0n) is 16.3. The Labute approximate surface area is 153 Å². The number of aliphatic hydroxyl groups is 1. The molecular weight excluding hydrogens is 308 g/mol. The van der Waals surface area contributed by atoms with Crippen LogP contribution in [0.15, 0.2) is 18.2 Å². The molecule has 1 aromatic rings. The van der Waals surface area contributed by atoms with E-state index in [1.54, 1.807) is 5.56 Å². The van der Waals surface area contributed by atoms with Crippen LogP contribution in [0.4, 0.5) is 0 Å². The maximum atomic E-state index is 10.5. The third-order valence-corrected chi connectivity index (χ3v) is 7.89. The van der Waals surface area contributed by atoms with Crippen LogP contribution in [0.25, 0.3) is 0 Å². The summed E-state index contributed by atoms with van der Waals surface area (Å²) in [7, 11) is 0. The molecule has 2 nitrogen and oxygen atoms in total. The van der Waals surface area contributed by atoms with Gasteiger partial charge in [0, 0.05) is 0 Å². The second-order valence-corrected chi connectivity index (χ2v) is 9.63. The van der Waals surface area contributed by atoms with Gasteiger partial charge in [0.25, 0.3) is 0 Å². The summed E-state index contributed by atoms with van der Waals surface area (Å²) in [4.78, 5) is 0. The number of aryl methyl sites for hydroxylation is 1. The summed E-state index contributed by atoms with van der Waals surface area (Å²) in [6.07, 6.45) is 8.04. The summed E-state index contributed by atoms with van der Waals surface area (Å²) in [6, 6.07) is 6.84. The van der Waals surface area contributed by atoms with E-state index in [4.69, 9.17) is 4.74 Å². The van der Waals surface area contributed by atoms with E-state index in [0.717, 1.165) is 24.5 Å². The predicted molar refractivity (Wildman–Crippen MR) is 102 cm³/mol. The van der Waals surface area contributed by atoms with Gasteiger partial charge in [0.15, 0.2) is 0 Å². The first-order valence-electron chi connectivity index (χ1n) is 10.3. The molecule has 1 aromatic carbocycles. The van der Waals surface area contributed by atoms with Gasteiger partial charge in [0.1, 0.15) is 11.4 Å². The molecule has 3 aliphatic carbocycles. The van der Waals surface area contributed by atoms with Crippen LogP contribution >= 0.6 is 0 Å². The lowest BCUT2D eigenvalue weighted by atomic mass is 9.55. The van der Waals surface area contributed by atoms with E-state index >= 15 is 0 Å². The standard InChI is InChI=1S/C23H34O2/c1-5-22(2,3)25-16-7-9-17-15(14-16)6-8-19-18(17)12-13-23(4)20(19)10-11-21(23)24/h7,9,14,18-21,24H,5-6,8,10-13H2,1-4H3. The van der Waals surface area contributed by atoms with Gasteiger partial charge in [-0.3, -0.25) is 0 Å². The van der Waals surface area contributed by atoms with Crippen LogP contribution in [0.2, 0.25) is 0 Å². The third kappa shape index (κ3) is 2.81. The Hall–Kier alpha value is -1.02. The van der Waals surface area contributed by atoms with Gasteiger partial charge in [0.05, 0.1) is 6.10 Å². The highest BCUT2D eigenvalue weighted by atomic mass is 16.5. The van der Waals surface area contributed by atoms with Crippen LogP contribution in [-0.2, 0) is 6.42 Å². The third-order valence-electron chi connectivity index (χ3n) is 7.89. The fourth-order valence-electron chi connectivity index (χ4n) is 5.99. The van der Waals surface area contributed by atoms with E-state index in [9.17, 15) is 5.11 Å². The normalized spacial score (nSPS) is 37.2. The minimum atomic E-state index is -0.0991. The van der Waals surface area contributed by atoms with Gasteiger partial charge in [-0.2, -0.15) is 0 Å².